The third-order valence-corrected chi connectivity index (χ3v) is 2.73. The molecule has 0 bridgehead atoms. The van der Waals surface area contributed by atoms with Crippen LogP contribution in [0.1, 0.15) is 18.1 Å². The molecule has 2 aromatic rings. The highest BCUT2D eigenvalue weighted by molar-refractivity contribution is 6.30. The summed E-state index contributed by atoms with van der Waals surface area (Å²) in [5, 5.41) is 8.95. The van der Waals surface area contributed by atoms with Crippen LogP contribution < -0.4 is 0 Å². The molecular formula is C15H13ClN2. The van der Waals surface area contributed by atoms with Crippen molar-refractivity contribution in [3.63, 3.8) is 0 Å². The fraction of sp³-hybridized carbons (Fsp3) is 0.0667. The number of hydrogen-bond acceptors (Lipinski definition) is 2. The van der Waals surface area contributed by atoms with Crippen LogP contribution in [0, 0.1) is 0 Å². The number of nitrogens with zero attached hydrogens (tertiary/aromatic N) is 2. The number of hydrogen-bond donors (Lipinski definition) is 0. The molecule has 2 aromatic carbocycles. The standard InChI is InChI=1S/C15H13ClN2/c1-12(14-7-9-15(16)10-8-14)18-17-11-13-5-3-2-4-6-13/h2-11H,1H3/b17-11+,18-12-. The van der Waals surface area contributed by atoms with Gasteiger partial charge in [0.25, 0.3) is 0 Å². The van der Waals surface area contributed by atoms with Gasteiger partial charge in [-0.25, -0.2) is 0 Å². The lowest BCUT2D eigenvalue weighted by Gasteiger charge is -1.98. The maximum absolute atomic E-state index is 5.83. The first kappa shape index (κ1) is 12.5. The van der Waals surface area contributed by atoms with Gasteiger partial charge in [0.05, 0.1) is 11.9 Å². The van der Waals surface area contributed by atoms with Crippen LogP contribution in [0.5, 0.6) is 0 Å². The van der Waals surface area contributed by atoms with E-state index in [1.165, 1.54) is 0 Å². The molecule has 0 amide bonds. The van der Waals surface area contributed by atoms with Crippen molar-refractivity contribution >= 4 is 23.5 Å². The quantitative estimate of drug-likeness (QED) is 0.581. The maximum Gasteiger partial charge on any atom is 0.0671 e. The van der Waals surface area contributed by atoms with E-state index in [2.05, 4.69) is 10.2 Å². The second-order valence-electron chi connectivity index (χ2n) is 3.85. The van der Waals surface area contributed by atoms with Gasteiger partial charge in [-0.2, -0.15) is 10.2 Å². The predicted octanol–water partition coefficient (Wildman–Crippen LogP) is 4.18. The average Bonchev–Trinajstić information content (AvgIpc) is 2.40. The summed E-state index contributed by atoms with van der Waals surface area (Å²) < 4.78 is 0. The molecule has 0 aliphatic carbocycles. The zero-order chi connectivity index (χ0) is 12.8. The van der Waals surface area contributed by atoms with Gasteiger partial charge < -0.3 is 0 Å². The van der Waals surface area contributed by atoms with Crippen molar-refractivity contribution in [2.24, 2.45) is 10.2 Å². The molecule has 0 saturated carbocycles. The minimum Gasteiger partial charge on any atom is -0.158 e. The van der Waals surface area contributed by atoms with Gasteiger partial charge in [0.1, 0.15) is 0 Å². The van der Waals surface area contributed by atoms with Gasteiger partial charge in [-0.1, -0.05) is 54.1 Å². The van der Waals surface area contributed by atoms with Crippen molar-refractivity contribution in [1.29, 1.82) is 0 Å². The summed E-state index contributed by atoms with van der Waals surface area (Å²) in [4.78, 5) is 0. The summed E-state index contributed by atoms with van der Waals surface area (Å²) in [6.45, 7) is 1.92. The van der Waals surface area contributed by atoms with E-state index in [0.717, 1.165) is 21.9 Å². The van der Waals surface area contributed by atoms with Gasteiger partial charge >= 0.3 is 0 Å². The van der Waals surface area contributed by atoms with Crippen molar-refractivity contribution in [2.45, 2.75) is 6.92 Å². The van der Waals surface area contributed by atoms with Crippen molar-refractivity contribution in [2.75, 3.05) is 0 Å². The molecule has 0 aliphatic heterocycles. The second-order valence-corrected chi connectivity index (χ2v) is 4.28. The molecule has 0 fully saturated rings. The van der Waals surface area contributed by atoms with Crippen LogP contribution in [0.2, 0.25) is 5.02 Å². The Kier molecular flexibility index (Phi) is 4.26. The molecule has 2 rings (SSSR count). The minimum absolute atomic E-state index is 0.722. The van der Waals surface area contributed by atoms with Gasteiger partial charge in [0.15, 0.2) is 0 Å². The predicted molar refractivity (Wildman–Crippen MR) is 77.7 cm³/mol. The highest BCUT2D eigenvalue weighted by atomic mass is 35.5. The molecule has 0 spiro atoms. The molecule has 0 aliphatic rings. The lowest BCUT2D eigenvalue weighted by molar-refractivity contribution is 1.24. The highest BCUT2D eigenvalue weighted by Crippen LogP contribution is 2.10. The summed E-state index contributed by atoms with van der Waals surface area (Å²) in [7, 11) is 0. The van der Waals surface area contributed by atoms with Crippen LogP contribution in [0.3, 0.4) is 0 Å². The van der Waals surface area contributed by atoms with Gasteiger partial charge in [0.2, 0.25) is 0 Å². The van der Waals surface area contributed by atoms with Crippen LogP contribution in [0.4, 0.5) is 0 Å². The minimum atomic E-state index is 0.722. The van der Waals surface area contributed by atoms with E-state index in [4.69, 9.17) is 11.6 Å². The molecule has 0 heterocycles. The number of halogens is 1. The van der Waals surface area contributed by atoms with Gasteiger partial charge in [-0.05, 0) is 30.2 Å². The Balaban J connectivity index is 2.10. The average molecular weight is 257 g/mol. The Morgan fingerprint density at radius 3 is 2.33 bits per heavy atom. The zero-order valence-corrected chi connectivity index (χ0v) is 10.8. The molecule has 0 N–H and O–H groups in total. The molecular weight excluding hydrogens is 244 g/mol. The lowest BCUT2D eigenvalue weighted by atomic mass is 10.1. The molecule has 0 atom stereocenters. The van der Waals surface area contributed by atoms with E-state index in [-0.39, 0.29) is 0 Å². The summed E-state index contributed by atoms with van der Waals surface area (Å²) in [6, 6.07) is 17.4. The monoisotopic (exact) mass is 256 g/mol. The first-order valence-corrected chi connectivity index (χ1v) is 6.02. The Bertz CT molecular complexity index is 557. The molecule has 90 valence electrons. The van der Waals surface area contributed by atoms with Gasteiger partial charge in [0, 0.05) is 5.02 Å². The van der Waals surface area contributed by atoms with Crippen LogP contribution >= 0.6 is 11.6 Å². The largest absolute Gasteiger partial charge is 0.158 e. The fourth-order valence-corrected chi connectivity index (χ4v) is 1.60. The van der Waals surface area contributed by atoms with Crippen LogP contribution in [-0.2, 0) is 0 Å². The van der Waals surface area contributed by atoms with E-state index < -0.39 is 0 Å². The molecule has 2 nitrogen and oxygen atoms in total. The normalized spacial score (nSPS) is 12.0. The van der Waals surface area contributed by atoms with Crippen molar-refractivity contribution in [3.05, 3.63) is 70.7 Å². The number of rotatable bonds is 3. The Morgan fingerprint density at radius 2 is 1.67 bits per heavy atom. The number of benzene rings is 2. The summed E-state index contributed by atoms with van der Waals surface area (Å²) >= 11 is 5.83. The molecule has 18 heavy (non-hydrogen) atoms. The molecule has 3 heteroatoms. The summed E-state index contributed by atoms with van der Waals surface area (Å²) in [5.41, 5.74) is 2.91. The van der Waals surface area contributed by atoms with E-state index in [9.17, 15) is 0 Å². The van der Waals surface area contributed by atoms with E-state index in [1.54, 1.807) is 6.21 Å². The molecule has 0 saturated heterocycles. The lowest BCUT2D eigenvalue weighted by Crippen LogP contribution is -1.92. The zero-order valence-electron chi connectivity index (χ0n) is 10.0. The Labute approximate surface area is 112 Å². The third kappa shape index (κ3) is 3.54. The topological polar surface area (TPSA) is 24.7 Å². The molecule has 0 aromatic heterocycles. The Morgan fingerprint density at radius 1 is 1.00 bits per heavy atom. The summed E-state index contributed by atoms with van der Waals surface area (Å²) in [5.74, 6) is 0. The molecule has 0 radical (unpaired) electrons. The third-order valence-electron chi connectivity index (χ3n) is 2.48. The summed E-state index contributed by atoms with van der Waals surface area (Å²) in [6.07, 6.45) is 1.74. The van der Waals surface area contributed by atoms with Crippen molar-refractivity contribution < 1.29 is 0 Å². The van der Waals surface area contributed by atoms with E-state index >= 15 is 0 Å². The second kappa shape index (κ2) is 6.12. The van der Waals surface area contributed by atoms with Crippen molar-refractivity contribution in [3.8, 4) is 0 Å². The van der Waals surface area contributed by atoms with Crippen LogP contribution in [0.25, 0.3) is 0 Å². The Hall–Kier alpha value is -1.93. The van der Waals surface area contributed by atoms with Gasteiger partial charge in [-0.15, -0.1) is 0 Å². The highest BCUT2D eigenvalue weighted by Gasteiger charge is 1.96. The first-order chi connectivity index (χ1) is 8.75. The van der Waals surface area contributed by atoms with Crippen LogP contribution in [0.15, 0.2) is 64.8 Å². The first-order valence-electron chi connectivity index (χ1n) is 5.64. The van der Waals surface area contributed by atoms with Crippen molar-refractivity contribution in [1.82, 2.24) is 0 Å². The fourth-order valence-electron chi connectivity index (χ4n) is 1.47. The van der Waals surface area contributed by atoms with Gasteiger partial charge in [-0.3, -0.25) is 0 Å². The van der Waals surface area contributed by atoms with E-state index in [1.807, 2.05) is 61.5 Å². The SMILES string of the molecule is C/C(=N/N=C/c1ccccc1)c1ccc(Cl)cc1. The maximum atomic E-state index is 5.83. The van der Waals surface area contributed by atoms with Crippen LogP contribution in [-0.4, -0.2) is 11.9 Å². The smallest absolute Gasteiger partial charge is 0.0671 e. The van der Waals surface area contributed by atoms with E-state index in [0.29, 0.717) is 0 Å². The molecule has 0 unspecified atom stereocenters.